The quantitative estimate of drug-likeness (QED) is 0.161. The highest BCUT2D eigenvalue weighted by Crippen LogP contribution is 2.39. The predicted molar refractivity (Wildman–Crippen MR) is 208 cm³/mol. The van der Waals surface area contributed by atoms with Crippen LogP contribution in [0.25, 0.3) is 55.6 Å². The van der Waals surface area contributed by atoms with E-state index in [0.29, 0.717) is 16.8 Å². The van der Waals surface area contributed by atoms with E-state index in [1.54, 1.807) is 72.8 Å². The van der Waals surface area contributed by atoms with E-state index in [2.05, 4.69) is 42.5 Å². The fraction of sp³-hybridized carbons (Fsp3) is 0. The van der Waals surface area contributed by atoms with Gasteiger partial charge in [0.05, 0.1) is 11.0 Å². The number of hydrogen-bond acceptors (Lipinski definition) is 1. The molecule has 0 unspecified atom stereocenters. The van der Waals surface area contributed by atoms with Crippen LogP contribution in [0.5, 0.6) is 0 Å². The van der Waals surface area contributed by atoms with Crippen molar-refractivity contribution in [2.75, 3.05) is 4.90 Å². The van der Waals surface area contributed by atoms with E-state index in [0.717, 1.165) is 33.4 Å². The molecule has 0 N–H and O–H groups in total. The fourth-order valence-electron chi connectivity index (χ4n) is 5.96. The summed E-state index contributed by atoms with van der Waals surface area (Å²) in [7, 11) is 0. The Labute approximate surface area is 300 Å². The van der Waals surface area contributed by atoms with Crippen LogP contribution in [0.2, 0.25) is 0 Å². The monoisotopic (exact) mass is 633 g/mol. The van der Waals surface area contributed by atoms with E-state index in [-0.39, 0.29) is 70.8 Å². The van der Waals surface area contributed by atoms with Gasteiger partial charge in [-0.3, -0.25) is 0 Å². The van der Waals surface area contributed by atoms with Crippen LogP contribution < -0.4 is 4.90 Å². The van der Waals surface area contributed by atoms with Crippen molar-refractivity contribution in [3.63, 3.8) is 0 Å². The summed E-state index contributed by atoms with van der Waals surface area (Å²) in [6.07, 6.45) is 0. The maximum atomic E-state index is 9.30. The lowest BCUT2D eigenvalue weighted by Crippen LogP contribution is -2.09. The molecule has 8 aromatic rings. The van der Waals surface area contributed by atoms with E-state index >= 15 is 0 Å². The second kappa shape index (κ2) is 13.7. The molecule has 0 saturated heterocycles. The van der Waals surface area contributed by atoms with Gasteiger partial charge in [-0.2, -0.15) is 0 Å². The Kier molecular flexibility index (Phi) is 6.22. The Hall–Kier alpha value is -6.44. The maximum Gasteiger partial charge on any atom is 0.0645 e. The second-order valence-corrected chi connectivity index (χ2v) is 11.6. The highest BCUT2D eigenvalue weighted by molar-refractivity contribution is 5.88. The summed E-state index contributed by atoms with van der Waals surface area (Å²) in [5, 5.41) is 0. The smallest absolute Gasteiger partial charge is 0.0645 e. The molecule has 8 rings (SSSR count). The Bertz CT molecular complexity index is 2580. The SMILES string of the molecule is [2H]c1c([2H])c(N(c2ccc(-c3ccc(-c4ccccc4)c(-c4ccccc4)c3)cc2)c2c([2H])c([2H])c(-c3ccccc3)c([2H])c2[2H])c([2H])c([2H])c1-c1ccccc1. The van der Waals surface area contributed by atoms with Gasteiger partial charge in [0.2, 0.25) is 0 Å². The average molecular weight is 634 g/mol. The number of rotatable bonds is 8. The summed E-state index contributed by atoms with van der Waals surface area (Å²) in [6, 6.07) is 48.8. The van der Waals surface area contributed by atoms with Gasteiger partial charge in [-0.15, -0.1) is 0 Å². The number of anilines is 3. The molecule has 1 heteroatoms. The van der Waals surface area contributed by atoms with E-state index < -0.39 is 0 Å². The number of hydrogen-bond donors (Lipinski definition) is 0. The van der Waals surface area contributed by atoms with Crippen molar-refractivity contribution in [2.45, 2.75) is 0 Å². The molecule has 0 aliphatic carbocycles. The Morgan fingerprint density at radius 1 is 0.265 bits per heavy atom. The molecule has 1 nitrogen and oxygen atoms in total. The van der Waals surface area contributed by atoms with Crippen molar-refractivity contribution in [1.29, 1.82) is 0 Å². The molecule has 0 aliphatic heterocycles. The van der Waals surface area contributed by atoms with Gasteiger partial charge < -0.3 is 4.90 Å². The summed E-state index contributed by atoms with van der Waals surface area (Å²) in [6.45, 7) is 0. The molecule has 0 amide bonds. The van der Waals surface area contributed by atoms with Crippen molar-refractivity contribution < 1.29 is 11.0 Å². The standard InChI is InChI=1S/C48H35N/c1-5-13-36(14-6-1)38-21-28-44(29-22-38)49(45-30-23-39(24-31-45)37-15-7-2-8-16-37)46-32-25-40(26-33-46)43-27-34-47(41-17-9-3-10-18-41)48(35-43)42-19-11-4-12-20-42/h1-35H/i21D,22D,23D,24D,28D,29D,30D,31D. The molecule has 0 fully saturated rings. The van der Waals surface area contributed by atoms with Crippen molar-refractivity contribution in [3.05, 3.63) is 212 Å². The molecule has 232 valence electrons. The first kappa shape index (κ1) is 22.2. The first-order valence-electron chi connectivity index (χ1n) is 20.1. The molecule has 0 spiro atoms. The molecular formula is C48H35N. The summed E-state index contributed by atoms with van der Waals surface area (Å²) < 4.78 is 73.6. The van der Waals surface area contributed by atoms with Gasteiger partial charge in [0, 0.05) is 17.1 Å². The van der Waals surface area contributed by atoms with Crippen molar-refractivity contribution >= 4 is 17.1 Å². The molecular weight excluding hydrogens is 591 g/mol. The molecule has 0 radical (unpaired) electrons. The van der Waals surface area contributed by atoms with Crippen LogP contribution in [-0.2, 0) is 0 Å². The Morgan fingerprint density at radius 2 is 0.633 bits per heavy atom. The molecule has 0 heterocycles. The molecule has 0 saturated carbocycles. The van der Waals surface area contributed by atoms with Gasteiger partial charge in [-0.05, 0) is 98.0 Å². The topological polar surface area (TPSA) is 3.24 Å². The minimum atomic E-state index is -0.382. The first-order valence-corrected chi connectivity index (χ1v) is 16.1. The molecule has 0 aliphatic rings. The minimum Gasteiger partial charge on any atom is -0.311 e. The number of benzene rings is 8. The van der Waals surface area contributed by atoms with Gasteiger partial charge in [-0.1, -0.05) is 170 Å². The summed E-state index contributed by atoms with van der Waals surface area (Å²) >= 11 is 0. The number of nitrogens with zero attached hydrogens (tertiary/aromatic N) is 1. The summed E-state index contributed by atoms with van der Waals surface area (Å²) in [5.41, 5.74) is 7.30. The summed E-state index contributed by atoms with van der Waals surface area (Å²) in [4.78, 5) is 1.34. The zero-order chi connectivity index (χ0) is 39.8. The lowest BCUT2D eigenvalue weighted by molar-refractivity contribution is 1.28. The summed E-state index contributed by atoms with van der Waals surface area (Å²) in [5.74, 6) is 0. The molecule has 0 atom stereocenters. The van der Waals surface area contributed by atoms with Crippen molar-refractivity contribution in [1.82, 2.24) is 0 Å². The average Bonchev–Trinajstić information content (AvgIpc) is 3.26. The van der Waals surface area contributed by atoms with Crippen LogP contribution in [0.1, 0.15) is 11.0 Å². The Morgan fingerprint density at radius 3 is 1.08 bits per heavy atom. The van der Waals surface area contributed by atoms with Crippen LogP contribution >= 0.6 is 0 Å². The van der Waals surface area contributed by atoms with Gasteiger partial charge in [0.1, 0.15) is 0 Å². The van der Waals surface area contributed by atoms with Crippen LogP contribution in [0.4, 0.5) is 17.1 Å². The molecule has 49 heavy (non-hydrogen) atoms. The van der Waals surface area contributed by atoms with Gasteiger partial charge >= 0.3 is 0 Å². The second-order valence-electron chi connectivity index (χ2n) is 11.6. The largest absolute Gasteiger partial charge is 0.311 e. The van der Waals surface area contributed by atoms with Crippen LogP contribution in [-0.4, -0.2) is 0 Å². The normalized spacial score (nSPS) is 13.1. The van der Waals surface area contributed by atoms with Crippen LogP contribution in [0.3, 0.4) is 0 Å². The van der Waals surface area contributed by atoms with Gasteiger partial charge in [0.15, 0.2) is 0 Å². The third kappa shape index (κ3) is 6.43. The van der Waals surface area contributed by atoms with E-state index in [9.17, 15) is 5.48 Å². The zero-order valence-corrected chi connectivity index (χ0v) is 26.5. The van der Waals surface area contributed by atoms with E-state index in [1.807, 2.05) is 48.5 Å². The first-order chi connectivity index (χ1) is 27.7. The predicted octanol–water partition coefficient (Wildman–Crippen LogP) is 13.5. The van der Waals surface area contributed by atoms with Crippen LogP contribution in [0.15, 0.2) is 212 Å². The van der Waals surface area contributed by atoms with Gasteiger partial charge in [0.25, 0.3) is 0 Å². The fourth-order valence-corrected chi connectivity index (χ4v) is 5.96. The van der Waals surface area contributed by atoms with Crippen LogP contribution in [0, 0.1) is 0 Å². The maximum absolute atomic E-state index is 9.30. The van der Waals surface area contributed by atoms with E-state index in [4.69, 9.17) is 5.48 Å². The highest BCUT2D eigenvalue weighted by Gasteiger charge is 2.15. The third-order valence-corrected chi connectivity index (χ3v) is 8.44. The molecule has 0 aromatic heterocycles. The lowest BCUT2D eigenvalue weighted by Gasteiger charge is -2.26. The van der Waals surface area contributed by atoms with Gasteiger partial charge in [-0.25, -0.2) is 0 Å². The third-order valence-electron chi connectivity index (χ3n) is 8.44. The zero-order valence-electron chi connectivity index (χ0n) is 34.5. The lowest BCUT2D eigenvalue weighted by atomic mass is 9.91. The highest BCUT2D eigenvalue weighted by atomic mass is 15.1. The van der Waals surface area contributed by atoms with E-state index in [1.165, 1.54) is 4.90 Å². The Balaban J connectivity index is 1.32. The minimum absolute atomic E-state index is 0.122. The van der Waals surface area contributed by atoms with Crippen molar-refractivity contribution in [3.8, 4) is 55.6 Å². The van der Waals surface area contributed by atoms with Crippen molar-refractivity contribution in [2.24, 2.45) is 0 Å². The molecule has 0 bridgehead atoms. The molecule has 8 aromatic carbocycles.